The molecule has 3 aromatic carbocycles. The van der Waals surface area contributed by atoms with Crippen molar-refractivity contribution in [3.05, 3.63) is 96.1 Å². The zero-order valence-electron chi connectivity index (χ0n) is 20.3. The van der Waals surface area contributed by atoms with E-state index in [2.05, 4.69) is 17.5 Å². The summed E-state index contributed by atoms with van der Waals surface area (Å²) in [6, 6.07) is 21.7. The van der Waals surface area contributed by atoms with Gasteiger partial charge in [0.25, 0.3) is 5.91 Å². The summed E-state index contributed by atoms with van der Waals surface area (Å²) in [5.41, 5.74) is 2.51. The Hall–Kier alpha value is -4.19. The number of anilines is 2. The summed E-state index contributed by atoms with van der Waals surface area (Å²) < 4.78 is 5.93. The van der Waals surface area contributed by atoms with Crippen molar-refractivity contribution in [2.45, 2.75) is 13.3 Å². The highest BCUT2D eigenvalue weighted by Crippen LogP contribution is 2.65. The van der Waals surface area contributed by atoms with Crippen molar-refractivity contribution in [3.8, 4) is 11.5 Å². The van der Waals surface area contributed by atoms with Crippen LogP contribution >= 0.6 is 0 Å². The second-order valence-corrected chi connectivity index (χ2v) is 10.6. The maximum absolute atomic E-state index is 13.4. The van der Waals surface area contributed by atoms with Crippen molar-refractivity contribution >= 4 is 29.1 Å². The largest absolute Gasteiger partial charge is 0.457 e. The Morgan fingerprint density at radius 2 is 1.54 bits per heavy atom. The molecule has 6 heteroatoms. The van der Waals surface area contributed by atoms with Gasteiger partial charge in [0.1, 0.15) is 11.5 Å². The number of para-hydroxylation sites is 1. The standard InChI is InChI=1S/C31H26N2O4/c1-17-5-2-3-8-26(17)37-21-11-9-19(10-12-21)32-29(34)18-6-4-7-20(15-18)33-30(35)27-22-13-14-23(25-16-24(22)25)28(27)31(33)36/h2-15,22-25,27-28H,16H2,1H3,(H,32,34)/t22-,23-,24-,25+,27-,28+/m0/s1. The van der Waals surface area contributed by atoms with Crippen molar-refractivity contribution in [3.63, 3.8) is 0 Å². The van der Waals surface area contributed by atoms with Gasteiger partial charge in [0.2, 0.25) is 11.8 Å². The van der Waals surface area contributed by atoms with Gasteiger partial charge in [0.05, 0.1) is 17.5 Å². The number of carbonyl (C=O) groups excluding carboxylic acids is 3. The Labute approximate surface area is 214 Å². The molecule has 1 aliphatic heterocycles. The van der Waals surface area contributed by atoms with Gasteiger partial charge >= 0.3 is 0 Å². The molecule has 8 rings (SSSR count). The molecule has 1 heterocycles. The van der Waals surface area contributed by atoms with Gasteiger partial charge in [-0.3, -0.25) is 14.4 Å². The van der Waals surface area contributed by atoms with E-state index in [1.165, 1.54) is 4.90 Å². The van der Waals surface area contributed by atoms with Gasteiger partial charge in [0.15, 0.2) is 0 Å². The number of hydrogen-bond donors (Lipinski definition) is 1. The molecule has 0 aromatic heterocycles. The molecular formula is C31H26N2O4. The number of ether oxygens (including phenoxy) is 1. The van der Waals surface area contributed by atoms with Gasteiger partial charge < -0.3 is 10.1 Å². The molecule has 2 bridgehead atoms. The molecule has 0 unspecified atom stereocenters. The lowest BCUT2D eigenvalue weighted by Gasteiger charge is -2.37. The number of nitrogens with one attached hydrogen (secondary N) is 1. The number of aryl methyl sites for hydroxylation is 1. The summed E-state index contributed by atoms with van der Waals surface area (Å²) in [7, 11) is 0. The monoisotopic (exact) mass is 490 g/mol. The van der Waals surface area contributed by atoms with E-state index in [-0.39, 0.29) is 41.4 Å². The molecule has 37 heavy (non-hydrogen) atoms. The first-order valence-corrected chi connectivity index (χ1v) is 12.8. The average molecular weight is 491 g/mol. The maximum Gasteiger partial charge on any atom is 0.255 e. The Morgan fingerprint density at radius 3 is 2.22 bits per heavy atom. The zero-order valence-corrected chi connectivity index (χ0v) is 20.3. The molecule has 5 aliphatic rings. The molecule has 1 saturated heterocycles. The Kier molecular flexibility index (Phi) is 4.86. The van der Waals surface area contributed by atoms with Crippen LogP contribution < -0.4 is 15.0 Å². The van der Waals surface area contributed by atoms with Crippen molar-refractivity contribution < 1.29 is 19.1 Å². The van der Waals surface area contributed by atoms with Crippen LogP contribution in [0.5, 0.6) is 11.5 Å². The number of hydrogen-bond acceptors (Lipinski definition) is 4. The highest BCUT2D eigenvalue weighted by molar-refractivity contribution is 6.23. The molecule has 3 aromatic rings. The van der Waals surface area contributed by atoms with Crippen LogP contribution in [-0.4, -0.2) is 17.7 Å². The summed E-state index contributed by atoms with van der Waals surface area (Å²) >= 11 is 0. The molecule has 4 aliphatic carbocycles. The third kappa shape index (κ3) is 3.50. The van der Waals surface area contributed by atoms with Crippen LogP contribution in [0.3, 0.4) is 0 Å². The van der Waals surface area contributed by atoms with Crippen molar-refractivity contribution in [2.75, 3.05) is 10.2 Å². The van der Waals surface area contributed by atoms with Crippen LogP contribution in [0.2, 0.25) is 0 Å². The number of nitrogens with zero attached hydrogens (tertiary/aromatic N) is 1. The lowest BCUT2D eigenvalue weighted by molar-refractivity contribution is -0.124. The Morgan fingerprint density at radius 1 is 0.865 bits per heavy atom. The van der Waals surface area contributed by atoms with E-state index < -0.39 is 0 Å². The molecule has 0 radical (unpaired) electrons. The SMILES string of the molecule is Cc1ccccc1Oc1ccc(NC(=O)c2cccc(N3C(=O)[C@@H]4[C@H]5C=C[C@@H]([C@@H]6C[C@H]56)[C@@H]4C3=O)c2)cc1. The molecule has 3 amide bonds. The average Bonchev–Trinajstić information content (AvgIpc) is 3.69. The minimum absolute atomic E-state index is 0.124. The first-order valence-electron chi connectivity index (χ1n) is 12.8. The number of amides is 3. The summed E-state index contributed by atoms with van der Waals surface area (Å²) in [5, 5.41) is 2.89. The molecular weight excluding hydrogens is 464 g/mol. The summed E-state index contributed by atoms with van der Waals surface area (Å²) in [5.74, 6) is 1.82. The van der Waals surface area contributed by atoms with E-state index in [9.17, 15) is 14.4 Å². The summed E-state index contributed by atoms with van der Waals surface area (Å²) in [6.45, 7) is 1.98. The van der Waals surface area contributed by atoms with Crippen LogP contribution in [0.25, 0.3) is 0 Å². The highest BCUT2D eigenvalue weighted by Gasteiger charge is 2.67. The van der Waals surface area contributed by atoms with Crippen molar-refractivity contribution in [1.82, 2.24) is 0 Å². The zero-order chi connectivity index (χ0) is 25.3. The van der Waals surface area contributed by atoms with E-state index in [0.717, 1.165) is 17.7 Å². The molecule has 6 nitrogen and oxygen atoms in total. The van der Waals surface area contributed by atoms with Crippen molar-refractivity contribution in [1.29, 1.82) is 0 Å². The Balaban J connectivity index is 1.07. The summed E-state index contributed by atoms with van der Waals surface area (Å²) in [4.78, 5) is 41.2. The quantitative estimate of drug-likeness (QED) is 0.373. The fourth-order valence-corrected chi connectivity index (χ4v) is 6.61. The lowest BCUT2D eigenvalue weighted by Crippen LogP contribution is -2.40. The van der Waals surface area contributed by atoms with Crippen LogP contribution in [0.1, 0.15) is 22.3 Å². The fraction of sp³-hybridized carbons (Fsp3) is 0.258. The van der Waals surface area contributed by atoms with E-state index in [4.69, 9.17) is 4.74 Å². The topological polar surface area (TPSA) is 75.7 Å². The van der Waals surface area contributed by atoms with Crippen LogP contribution in [0.15, 0.2) is 84.9 Å². The van der Waals surface area contributed by atoms with Crippen molar-refractivity contribution in [2.24, 2.45) is 35.5 Å². The predicted molar refractivity (Wildman–Crippen MR) is 139 cm³/mol. The maximum atomic E-state index is 13.4. The predicted octanol–water partition coefficient (Wildman–Crippen LogP) is 5.60. The van der Waals surface area contributed by atoms with E-state index >= 15 is 0 Å². The van der Waals surface area contributed by atoms with Crippen LogP contribution in [0.4, 0.5) is 11.4 Å². The third-order valence-electron chi connectivity index (χ3n) is 8.46. The van der Waals surface area contributed by atoms with Gasteiger partial charge in [-0.2, -0.15) is 0 Å². The molecule has 0 spiro atoms. The second-order valence-electron chi connectivity index (χ2n) is 10.6. The number of imide groups is 1. The van der Waals surface area contributed by atoms with Gasteiger partial charge in [-0.15, -0.1) is 0 Å². The number of allylic oxidation sites excluding steroid dienone is 2. The smallest absolute Gasteiger partial charge is 0.255 e. The number of rotatable bonds is 5. The van der Waals surface area contributed by atoms with E-state index in [1.54, 1.807) is 48.5 Å². The second kappa shape index (κ2) is 8.17. The number of carbonyl (C=O) groups is 3. The molecule has 184 valence electrons. The molecule has 2 saturated carbocycles. The van der Waals surface area contributed by atoms with Crippen LogP contribution in [0, 0.1) is 42.4 Å². The molecule has 3 fully saturated rings. The third-order valence-corrected chi connectivity index (χ3v) is 8.46. The fourth-order valence-electron chi connectivity index (χ4n) is 6.61. The van der Waals surface area contributed by atoms with Gasteiger partial charge in [-0.25, -0.2) is 4.90 Å². The van der Waals surface area contributed by atoms with Gasteiger partial charge in [-0.05, 0) is 91.1 Å². The first kappa shape index (κ1) is 22.0. The lowest BCUT2D eigenvalue weighted by atomic mass is 9.63. The minimum Gasteiger partial charge on any atom is -0.457 e. The van der Waals surface area contributed by atoms with Gasteiger partial charge in [0, 0.05) is 11.3 Å². The minimum atomic E-state index is -0.311. The normalized spacial score (nSPS) is 28.6. The highest BCUT2D eigenvalue weighted by atomic mass is 16.5. The van der Waals surface area contributed by atoms with E-state index in [0.29, 0.717) is 34.5 Å². The molecule has 1 N–H and O–H groups in total. The number of benzene rings is 3. The molecule has 6 atom stereocenters. The summed E-state index contributed by atoms with van der Waals surface area (Å²) in [6.07, 6.45) is 5.45. The first-order chi connectivity index (χ1) is 18.0. The van der Waals surface area contributed by atoms with E-state index in [1.807, 2.05) is 31.2 Å². The van der Waals surface area contributed by atoms with Gasteiger partial charge in [-0.1, -0.05) is 36.4 Å². The van der Waals surface area contributed by atoms with Crippen LogP contribution in [-0.2, 0) is 9.59 Å². The Bertz CT molecular complexity index is 1440.